The van der Waals surface area contributed by atoms with Crippen LogP contribution in [0.3, 0.4) is 0 Å². The van der Waals surface area contributed by atoms with Crippen LogP contribution < -0.4 is 0 Å². The number of hydrogen-bond acceptors (Lipinski definition) is 4. The number of carbonyl (C=O) groups excluding carboxylic acids is 1. The third-order valence-corrected chi connectivity index (χ3v) is 1.87. The summed E-state index contributed by atoms with van der Waals surface area (Å²) in [6.45, 7) is 3.24. The summed E-state index contributed by atoms with van der Waals surface area (Å²) in [6, 6.07) is 0. The molecule has 0 aliphatic rings. The molecule has 0 aromatic carbocycles. The van der Waals surface area contributed by atoms with Crippen LogP contribution in [0.1, 0.15) is 13.8 Å². The zero-order chi connectivity index (χ0) is 10.6. The van der Waals surface area contributed by atoms with Gasteiger partial charge >= 0.3 is 5.97 Å². The molecule has 0 bridgehead atoms. The summed E-state index contributed by atoms with van der Waals surface area (Å²) in [7, 11) is -3.14. The van der Waals surface area contributed by atoms with Gasteiger partial charge < -0.3 is 4.74 Å². The van der Waals surface area contributed by atoms with Crippen molar-refractivity contribution >= 4 is 16.1 Å². The van der Waals surface area contributed by atoms with E-state index < -0.39 is 16.1 Å². The second kappa shape index (κ2) is 4.38. The van der Waals surface area contributed by atoms with Gasteiger partial charge in [0.25, 0.3) is 10.1 Å². The Labute approximate surface area is 77.1 Å². The predicted molar refractivity (Wildman–Crippen MR) is 46.5 cm³/mol. The largest absolute Gasteiger partial charge is 0.466 e. The van der Waals surface area contributed by atoms with Gasteiger partial charge in [-0.25, -0.2) is 4.79 Å². The van der Waals surface area contributed by atoms with Gasteiger partial charge in [0.1, 0.15) is 0 Å². The number of esters is 1. The molecule has 6 heteroatoms. The normalized spacial score (nSPS) is 13.2. The molecule has 0 saturated carbocycles. The molecule has 0 aliphatic carbocycles. The van der Waals surface area contributed by atoms with Crippen molar-refractivity contribution in [2.24, 2.45) is 5.92 Å². The Morgan fingerprint density at radius 1 is 1.46 bits per heavy atom. The number of hydrogen-bond donors (Lipinski definition) is 1. The highest BCUT2D eigenvalue weighted by atomic mass is 32.2. The number of ether oxygens (including phenoxy) is 1. The van der Waals surface area contributed by atoms with Crippen molar-refractivity contribution in [3.05, 3.63) is 11.0 Å². The molecule has 0 unspecified atom stereocenters. The Kier molecular flexibility index (Phi) is 4.09. The van der Waals surface area contributed by atoms with E-state index in [0.29, 0.717) is 5.41 Å². The molecule has 76 valence electrons. The van der Waals surface area contributed by atoms with Gasteiger partial charge in [0.15, 0.2) is 0 Å². The second-order valence-electron chi connectivity index (χ2n) is 2.73. The molecule has 0 fully saturated rings. The van der Waals surface area contributed by atoms with Crippen molar-refractivity contribution < 1.29 is 22.5 Å². The van der Waals surface area contributed by atoms with E-state index in [9.17, 15) is 13.2 Å². The predicted octanol–water partition coefficient (Wildman–Crippen LogP) is 0.587. The zero-order valence-electron chi connectivity index (χ0n) is 7.64. The summed E-state index contributed by atoms with van der Waals surface area (Å²) in [5, 5.41) is 0.503. The molecular formula is C7H12O5S. The van der Waals surface area contributed by atoms with Gasteiger partial charge in [0, 0.05) is 0 Å². The van der Waals surface area contributed by atoms with E-state index in [1.165, 1.54) is 0 Å². The first kappa shape index (κ1) is 12.1. The summed E-state index contributed by atoms with van der Waals surface area (Å²) in [5.74, 6) is -1.08. The smallest absolute Gasteiger partial charge is 0.334 e. The zero-order valence-corrected chi connectivity index (χ0v) is 8.46. The van der Waals surface area contributed by atoms with E-state index in [-0.39, 0.29) is 11.5 Å². The molecule has 0 amide bonds. The van der Waals surface area contributed by atoms with E-state index >= 15 is 0 Å². The third-order valence-electron chi connectivity index (χ3n) is 1.32. The maximum atomic E-state index is 11.0. The van der Waals surface area contributed by atoms with Crippen molar-refractivity contribution in [2.45, 2.75) is 13.8 Å². The molecule has 0 rings (SSSR count). The molecule has 0 atom stereocenters. The Bertz CT molecular complexity index is 312. The van der Waals surface area contributed by atoms with E-state index in [2.05, 4.69) is 4.74 Å². The van der Waals surface area contributed by atoms with Gasteiger partial charge in [-0.15, -0.1) is 0 Å². The van der Waals surface area contributed by atoms with Crippen LogP contribution in [-0.2, 0) is 19.6 Å². The number of rotatable bonds is 3. The lowest BCUT2D eigenvalue weighted by Gasteiger charge is -2.07. The summed E-state index contributed by atoms with van der Waals surface area (Å²) >= 11 is 0. The number of methoxy groups -OCH3 is 1. The van der Waals surface area contributed by atoms with Gasteiger partial charge in [0.2, 0.25) is 0 Å². The van der Waals surface area contributed by atoms with Crippen LogP contribution in [0, 0.1) is 5.92 Å². The lowest BCUT2D eigenvalue weighted by Crippen LogP contribution is -2.12. The lowest BCUT2D eigenvalue weighted by atomic mass is 10.1. The first-order valence-electron chi connectivity index (χ1n) is 3.55. The Morgan fingerprint density at radius 2 is 1.92 bits per heavy atom. The van der Waals surface area contributed by atoms with Crippen molar-refractivity contribution in [2.75, 3.05) is 7.11 Å². The molecule has 0 spiro atoms. The second-order valence-corrected chi connectivity index (χ2v) is 4.00. The van der Waals surface area contributed by atoms with E-state index in [0.717, 1.165) is 7.11 Å². The molecule has 1 N–H and O–H groups in total. The van der Waals surface area contributed by atoms with Crippen molar-refractivity contribution in [3.63, 3.8) is 0 Å². The van der Waals surface area contributed by atoms with Crippen LogP contribution in [0.2, 0.25) is 0 Å². The summed E-state index contributed by atoms with van der Waals surface area (Å²) < 4.78 is 33.7. The van der Waals surface area contributed by atoms with E-state index in [1.807, 2.05) is 0 Å². The first-order chi connectivity index (χ1) is 5.78. The van der Waals surface area contributed by atoms with Gasteiger partial charge in [0.05, 0.1) is 18.1 Å². The van der Waals surface area contributed by atoms with Crippen molar-refractivity contribution in [1.29, 1.82) is 0 Å². The fraction of sp³-hybridized carbons (Fsp3) is 0.571. The van der Waals surface area contributed by atoms with Gasteiger partial charge in [-0.05, 0) is 5.92 Å². The maximum absolute atomic E-state index is 11.0. The Morgan fingerprint density at radius 3 is 2.15 bits per heavy atom. The molecule has 0 saturated heterocycles. The topological polar surface area (TPSA) is 80.7 Å². The summed E-state index contributed by atoms with van der Waals surface area (Å²) in [4.78, 5) is 11.0. The molecule has 13 heavy (non-hydrogen) atoms. The van der Waals surface area contributed by atoms with Gasteiger partial charge in [-0.2, -0.15) is 8.42 Å². The quantitative estimate of drug-likeness (QED) is 0.417. The van der Waals surface area contributed by atoms with Crippen LogP contribution in [0.4, 0.5) is 0 Å². The SMILES string of the molecule is COC(=O)C(=CS(=O)(=O)O)C(C)C. The van der Waals surface area contributed by atoms with Gasteiger partial charge in [-0.1, -0.05) is 13.8 Å². The van der Waals surface area contributed by atoms with Crippen LogP contribution in [0.25, 0.3) is 0 Å². The van der Waals surface area contributed by atoms with Crippen molar-refractivity contribution in [3.8, 4) is 0 Å². The first-order valence-corrected chi connectivity index (χ1v) is 5.05. The average molecular weight is 208 g/mol. The monoisotopic (exact) mass is 208 g/mol. The molecule has 0 heterocycles. The molecular weight excluding hydrogens is 196 g/mol. The van der Waals surface area contributed by atoms with Crippen LogP contribution in [-0.4, -0.2) is 26.0 Å². The summed E-state index contributed by atoms with van der Waals surface area (Å²) in [5.41, 5.74) is -0.0787. The average Bonchev–Trinajstić information content (AvgIpc) is 1.96. The van der Waals surface area contributed by atoms with Crippen LogP contribution >= 0.6 is 0 Å². The fourth-order valence-corrected chi connectivity index (χ4v) is 1.39. The third kappa shape index (κ3) is 4.64. The highest BCUT2D eigenvalue weighted by Gasteiger charge is 2.16. The fourth-order valence-electron chi connectivity index (χ4n) is 0.698. The van der Waals surface area contributed by atoms with Gasteiger partial charge in [-0.3, -0.25) is 4.55 Å². The van der Waals surface area contributed by atoms with Crippen molar-refractivity contribution in [1.82, 2.24) is 0 Å². The Hall–Kier alpha value is -0.880. The molecule has 5 nitrogen and oxygen atoms in total. The lowest BCUT2D eigenvalue weighted by molar-refractivity contribution is -0.136. The molecule has 0 radical (unpaired) electrons. The minimum absolute atomic E-state index is 0.0787. The molecule has 0 aromatic heterocycles. The van der Waals surface area contributed by atoms with E-state index in [1.54, 1.807) is 13.8 Å². The maximum Gasteiger partial charge on any atom is 0.334 e. The summed E-state index contributed by atoms with van der Waals surface area (Å²) in [6.07, 6.45) is 0. The standard InChI is InChI=1S/C7H12O5S/c1-5(2)6(7(8)12-3)4-13(9,10)11/h4-5H,1-3H3,(H,9,10,11). The minimum Gasteiger partial charge on any atom is -0.466 e. The highest BCUT2D eigenvalue weighted by molar-refractivity contribution is 7.88. The highest BCUT2D eigenvalue weighted by Crippen LogP contribution is 2.12. The number of carbonyl (C=O) groups is 1. The minimum atomic E-state index is -4.29. The molecule has 0 aliphatic heterocycles. The van der Waals surface area contributed by atoms with E-state index in [4.69, 9.17) is 4.55 Å². The van der Waals surface area contributed by atoms with Crippen LogP contribution in [0.5, 0.6) is 0 Å². The van der Waals surface area contributed by atoms with Crippen LogP contribution in [0.15, 0.2) is 11.0 Å². The molecule has 0 aromatic rings. The Balaban J connectivity index is 5.05.